The molecular formula is C13H18FNO3. The SMILES string of the molecule is COC(=O)C(C)(O)CN(C)Cc1ccc(F)cc1. The highest BCUT2D eigenvalue weighted by molar-refractivity contribution is 5.78. The lowest BCUT2D eigenvalue weighted by molar-refractivity contribution is -0.162. The topological polar surface area (TPSA) is 49.8 Å². The molecule has 1 unspecified atom stereocenters. The van der Waals surface area contributed by atoms with Gasteiger partial charge in [-0.15, -0.1) is 0 Å². The van der Waals surface area contributed by atoms with Crippen LogP contribution in [0.5, 0.6) is 0 Å². The number of rotatable bonds is 5. The summed E-state index contributed by atoms with van der Waals surface area (Å²) >= 11 is 0. The molecule has 0 heterocycles. The quantitative estimate of drug-likeness (QED) is 0.803. The fourth-order valence-electron chi connectivity index (χ4n) is 1.77. The van der Waals surface area contributed by atoms with Crippen LogP contribution in [0.4, 0.5) is 4.39 Å². The molecule has 1 N–H and O–H groups in total. The number of methoxy groups -OCH3 is 1. The van der Waals surface area contributed by atoms with Crippen LogP contribution in [0.25, 0.3) is 0 Å². The van der Waals surface area contributed by atoms with Crippen molar-refractivity contribution < 1.29 is 19.0 Å². The van der Waals surface area contributed by atoms with Gasteiger partial charge in [-0.05, 0) is 31.7 Å². The number of hydrogen-bond acceptors (Lipinski definition) is 4. The molecule has 5 heteroatoms. The van der Waals surface area contributed by atoms with Gasteiger partial charge in [0.15, 0.2) is 5.60 Å². The summed E-state index contributed by atoms with van der Waals surface area (Å²) in [7, 11) is 3.00. The lowest BCUT2D eigenvalue weighted by Gasteiger charge is -2.26. The second kappa shape index (κ2) is 5.93. The Morgan fingerprint density at radius 1 is 1.44 bits per heavy atom. The van der Waals surface area contributed by atoms with E-state index < -0.39 is 11.6 Å². The third-order valence-electron chi connectivity index (χ3n) is 2.57. The zero-order chi connectivity index (χ0) is 13.8. The molecule has 0 bridgehead atoms. The summed E-state index contributed by atoms with van der Waals surface area (Å²) in [5.74, 6) is -0.962. The van der Waals surface area contributed by atoms with Gasteiger partial charge in [0.25, 0.3) is 0 Å². The Balaban J connectivity index is 2.58. The molecule has 1 aromatic rings. The molecule has 18 heavy (non-hydrogen) atoms. The highest BCUT2D eigenvalue weighted by Crippen LogP contribution is 2.11. The number of hydrogen-bond donors (Lipinski definition) is 1. The lowest BCUT2D eigenvalue weighted by Crippen LogP contribution is -2.46. The summed E-state index contributed by atoms with van der Waals surface area (Å²) in [4.78, 5) is 13.1. The van der Waals surface area contributed by atoms with Crippen LogP contribution in [0.2, 0.25) is 0 Å². The Morgan fingerprint density at radius 2 is 2.00 bits per heavy atom. The van der Waals surface area contributed by atoms with Gasteiger partial charge in [0.05, 0.1) is 7.11 Å². The standard InChI is InChI=1S/C13H18FNO3/c1-13(17,12(16)18-3)9-15(2)8-10-4-6-11(14)7-5-10/h4-7,17H,8-9H2,1-3H3. The van der Waals surface area contributed by atoms with Crippen molar-refractivity contribution in [1.82, 2.24) is 4.90 Å². The molecule has 0 saturated carbocycles. The Morgan fingerprint density at radius 3 is 2.50 bits per heavy atom. The number of nitrogens with zero attached hydrogens (tertiary/aromatic N) is 1. The molecule has 0 aromatic heterocycles. The first-order valence-electron chi connectivity index (χ1n) is 5.59. The molecule has 0 aliphatic heterocycles. The van der Waals surface area contributed by atoms with Gasteiger partial charge in [-0.1, -0.05) is 12.1 Å². The van der Waals surface area contributed by atoms with Gasteiger partial charge in [0.1, 0.15) is 5.82 Å². The number of carbonyl (C=O) groups is 1. The van der Waals surface area contributed by atoms with Crippen LogP contribution >= 0.6 is 0 Å². The minimum absolute atomic E-state index is 0.136. The summed E-state index contributed by atoms with van der Waals surface area (Å²) < 4.78 is 17.2. The Labute approximate surface area is 106 Å². The van der Waals surface area contributed by atoms with Gasteiger partial charge in [0.2, 0.25) is 0 Å². The molecule has 0 saturated heterocycles. The zero-order valence-electron chi connectivity index (χ0n) is 10.8. The van der Waals surface area contributed by atoms with Gasteiger partial charge in [-0.2, -0.15) is 0 Å². The molecule has 0 radical (unpaired) electrons. The molecule has 0 aliphatic rings. The minimum Gasteiger partial charge on any atom is -0.467 e. The molecule has 0 fully saturated rings. The van der Waals surface area contributed by atoms with E-state index in [1.54, 1.807) is 24.1 Å². The monoisotopic (exact) mass is 255 g/mol. The molecule has 0 aliphatic carbocycles. The van der Waals surface area contributed by atoms with E-state index in [9.17, 15) is 14.3 Å². The first kappa shape index (κ1) is 14.6. The summed E-state index contributed by atoms with van der Waals surface area (Å²) in [5, 5.41) is 9.90. The molecule has 0 amide bonds. The van der Waals surface area contributed by atoms with E-state index >= 15 is 0 Å². The molecule has 1 atom stereocenters. The van der Waals surface area contributed by atoms with Crippen LogP contribution in [-0.2, 0) is 16.1 Å². The fraction of sp³-hybridized carbons (Fsp3) is 0.462. The van der Waals surface area contributed by atoms with Crippen LogP contribution in [0.1, 0.15) is 12.5 Å². The molecule has 1 aromatic carbocycles. The van der Waals surface area contributed by atoms with Crippen LogP contribution in [0.15, 0.2) is 24.3 Å². The van der Waals surface area contributed by atoms with E-state index in [4.69, 9.17) is 0 Å². The van der Waals surface area contributed by atoms with Gasteiger partial charge in [0, 0.05) is 13.1 Å². The summed E-state index contributed by atoms with van der Waals surface area (Å²) in [5.41, 5.74) is -0.650. The third-order valence-corrected chi connectivity index (χ3v) is 2.57. The first-order valence-corrected chi connectivity index (χ1v) is 5.59. The highest BCUT2D eigenvalue weighted by Gasteiger charge is 2.32. The number of halogens is 1. The van der Waals surface area contributed by atoms with Gasteiger partial charge in [-0.25, -0.2) is 9.18 Å². The van der Waals surface area contributed by atoms with Crippen molar-refractivity contribution in [2.45, 2.75) is 19.1 Å². The molecule has 0 spiro atoms. The number of ether oxygens (including phenoxy) is 1. The van der Waals surface area contributed by atoms with E-state index in [0.717, 1.165) is 5.56 Å². The number of esters is 1. The van der Waals surface area contributed by atoms with Crippen molar-refractivity contribution in [1.29, 1.82) is 0 Å². The number of likely N-dealkylation sites (N-methyl/N-ethyl adjacent to an activating group) is 1. The molecule has 4 nitrogen and oxygen atoms in total. The van der Waals surface area contributed by atoms with Gasteiger partial charge >= 0.3 is 5.97 Å². The summed E-state index contributed by atoms with van der Waals surface area (Å²) in [6, 6.07) is 6.08. The summed E-state index contributed by atoms with van der Waals surface area (Å²) in [6.07, 6.45) is 0. The molecule has 100 valence electrons. The first-order chi connectivity index (χ1) is 8.35. The van der Waals surface area contributed by atoms with E-state index in [1.807, 2.05) is 0 Å². The van der Waals surface area contributed by atoms with E-state index in [0.29, 0.717) is 6.54 Å². The number of benzene rings is 1. The van der Waals surface area contributed by atoms with E-state index in [2.05, 4.69) is 4.74 Å². The summed E-state index contributed by atoms with van der Waals surface area (Å²) in [6.45, 7) is 2.05. The Bertz CT molecular complexity index is 403. The van der Waals surface area contributed by atoms with Crippen molar-refractivity contribution in [3.8, 4) is 0 Å². The van der Waals surface area contributed by atoms with Crippen LogP contribution in [0.3, 0.4) is 0 Å². The third kappa shape index (κ3) is 4.09. The highest BCUT2D eigenvalue weighted by atomic mass is 19.1. The van der Waals surface area contributed by atoms with Crippen molar-refractivity contribution >= 4 is 5.97 Å². The predicted octanol–water partition coefficient (Wildman–Crippen LogP) is 1.18. The largest absolute Gasteiger partial charge is 0.467 e. The van der Waals surface area contributed by atoms with Crippen molar-refractivity contribution in [2.75, 3.05) is 20.7 Å². The van der Waals surface area contributed by atoms with Crippen LogP contribution < -0.4 is 0 Å². The van der Waals surface area contributed by atoms with Crippen molar-refractivity contribution in [3.63, 3.8) is 0 Å². The van der Waals surface area contributed by atoms with E-state index in [1.165, 1.54) is 26.2 Å². The number of carbonyl (C=O) groups excluding carboxylic acids is 1. The second-order valence-electron chi connectivity index (χ2n) is 4.56. The predicted molar refractivity (Wildman–Crippen MR) is 65.4 cm³/mol. The molecule has 1 rings (SSSR count). The average Bonchev–Trinajstić information content (AvgIpc) is 2.30. The Kier molecular flexibility index (Phi) is 4.81. The maximum atomic E-state index is 12.7. The zero-order valence-corrected chi connectivity index (χ0v) is 10.8. The maximum Gasteiger partial charge on any atom is 0.338 e. The van der Waals surface area contributed by atoms with Gasteiger partial charge < -0.3 is 9.84 Å². The van der Waals surface area contributed by atoms with Crippen molar-refractivity contribution in [3.05, 3.63) is 35.6 Å². The number of aliphatic hydroxyl groups is 1. The average molecular weight is 255 g/mol. The fourth-order valence-corrected chi connectivity index (χ4v) is 1.77. The minimum atomic E-state index is -1.55. The molecular weight excluding hydrogens is 237 g/mol. The van der Waals surface area contributed by atoms with Gasteiger partial charge in [-0.3, -0.25) is 4.90 Å². The maximum absolute atomic E-state index is 12.7. The second-order valence-corrected chi connectivity index (χ2v) is 4.56. The smallest absolute Gasteiger partial charge is 0.338 e. The van der Waals surface area contributed by atoms with Crippen LogP contribution in [-0.4, -0.2) is 42.3 Å². The van der Waals surface area contributed by atoms with E-state index in [-0.39, 0.29) is 12.4 Å². The van der Waals surface area contributed by atoms with Crippen molar-refractivity contribution in [2.24, 2.45) is 0 Å². The normalized spacial score (nSPS) is 14.3. The van der Waals surface area contributed by atoms with Crippen LogP contribution in [0, 0.1) is 5.82 Å². The Hall–Kier alpha value is -1.46. The lowest BCUT2D eigenvalue weighted by atomic mass is 10.1.